The van der Waals surface area contributed by atoms with E-state index in [0.717, 1.165) is 21.9 Å². The van der Waals surface area contributed by atoms with Gasteiger partial charge in [-0.25, -0.2) is 0 Å². The van der Waals surface area contributed by atoms with E-state index in [1.165, 1.54) is 16.2 Å². The molecule has 2 amide bonds. The zero-order valence-corrected chi connectivity index (χ0v) is 24.6. The molecule has 40 heavy (non-hydrogen) atoms. The van der Waals surface area contributed by atoms with Crippen molar-refractivity contribution in [3.05, 3.63) is 67.6 Å². The van der Waals surface area contributed by atoms with Crippen LogP contribution in [0.4, 0.5) is 5.69 Å². The Morgan fingerprint density at radius 1 is 1.02 bits per heavy atom. The van der Waals surface area contributed by atoms with Gasteiger partial charge in [-0.2, -0.15) is 0 Å². The van der Waals surface area contributed by atoms with Gasteiger partial charge in [0.05, 0.1) is 36.3 Å². The first kappa shape index (κ1) is 26.2. The second kappa shape index (κ2) is 9.67. The number of methoxy groups -OCH3 is 1. The number of benzene rings is 2. The molecule has 7 unspecified atom stereocenters. The quantitative estimate of drug-likeness (QED) is 0.361. The topological polar surface area (TPSA) is 88.7 Å². The second-order valence-electron chi connectivity index (χ2n) is 11.6. The van der Waals surface area contributed by atoms with E-state index in [-0.39, 0.29) is 57.4 Å². The van der Waals surface area contributed by atoms with Gasteiger partial charge in [0.1, 0.15) is 0 Å². The molecule has 2 aliphatic carbocycles. The van der Waals surface area contributed by atoms with Crippen LogP contribution in [0.25, 0.3) is 0 Å². The summed E-state index contributed by atoms with van der Waals surface area (Å²) in [6.45, 7) is 4.78. The van der Waals surface area contributed by atoms with Crippen LogP contribution in [0.2, 0.25) is 5.02 Å². The van der Waals surface area contributed by atoms with Crippen molar-refractivity contribution in [2.75, 3.05) is 18.6 Å². The number of anilines is 1. The summed E-state index contributed by atoms with van der Waals surface area (Å²) in [4.78, 5) is 45.6. The average Bonchev–Trinajstić information content (AvgIpc) is 3.67. The number of amides is 2. The van der Waals surface area contributed by atoms with Crippen molar-refractivity contribution in [2.45, 2.75) is 36.5 Å². The lowest BCUT2D eigenvalue weighted by molar-refractivity contribution is -0.123. The highest BCUT2D eigenvalue weighted by atomic mass is 35.5. The molecule has 2 saturated carbocycles. The normalized spacial score (nSPS) is 30.0. The summed E-state index contributed by atoms with van der Waals surface area (Å²) in [5, 5.41) is 1.57. The first-order valence-electron chi connectivity index (χ1n) is 13.6. The number of hydrogen-bond donors (Lipinski definition) is 1. The molecule has 7 nitrogen and oxygen atoms in total. The van der Waals surface area contributed by atoms with Crippen LogP contribution < -0.4 is 19.2 Å². The maximum Gasteiger partial charge on any atom is 0.305 e. The number of imide groups is 1. The van der Waals surface area contributed by atoms with Crippen molar-refractivity contribution in [3.8, 4) is 11.5 Å². The molecule has 2 aliphatic heterocycles. The number of carbonyl (C=O) groups is 2. The summed E-state index contributed by atoms with van der Waals surface area (Å²) in [5.41, 5.74) is 1.61. The molecular formula is C30H29ClN2O5S2. The van der Waals surface area contributed by atoms with Gasteiger partial charge in [-0.1, -0.05) is 42.9 Å². The fraction of sp³-hybridized carbons (Fsp3) is 0.433. The highest BCUT2D eigenvalue weighted by Crippen LogP contribution is 2.68. The van der Waals surface area contributed by atoms with Crippen LogP contribution >= 0.6 is 34.7 Å². The van der Waals surface area contributed by atoms with E-state index in [1.807, 2.05) is 12.1 Å². The summed E-state index contributed by atoms with van der Waals surface area (Å²) in [7, 11) is 1.64. The van der Waals surface area contributed by atoms with E-state index in [0.29, 0.717) is 34.7 Å². The van der Waals surface area contributed by atoms with Gasteiger partial charge in [0.2, 0.25) is 11.8 Å². The first-order chi connectivity index (χ1) is 19.3. The van der Waals surface area contributed by atoms with Gasteiger partial charge in [0.25, 0.3) is 0 Å². The number of H-pyrrole nitrogens is 1. The molecule has 10 heteroatoms. The van der Waals surface area contributed by atoms with Gasteiger partial charge in [-0.15, -0.1) is 11.8 Å². The summed E-state index contributed by atoms with van der Waals surface area (Å²) in [6.07, 6.45) is 0.839. The van der Waals surface area contributed by atoms with Gasteiger partial charge >= 0.3 is 4.87 Å². The Bertz CT molecular complexity index is 1570. The lowest BCUT2D eigenvalue weighted by Crippen LogP contribution is -2.42. The van der Waals surface area contributed by atoms with Crippen LogP contribution in [0, 0.1) is 35.5 Å². The summed E-state index contributed by atoms with van der Waals surface area (Å²) in [6, 6.07) is 12.9. The molecule has 1 saturated heterocycles. The fourth-order valence-corrected chi connectivity index (χ4v) is 10.5. The van der Waals surface area contributed by atoms with Crippen LogP contribution in [0.5, 0.6) is 11.5 Å². The molecule has 2 aromatic carbocycles. The summed E-state index contributed by atoms with van der Waals surface area (Å²) in [5.74, 6) is 0.932. The van der Waals surface area contributed by atoms with Crippen molar-refractivity contribution in [1.29, 1.82) is 0 Å². The molecule has 3 fully saturated rings. The molecule has 1 N–H and O–H groups in total. The van der Waals surface area contributed by atoms with E-state index in [2.05, 4.69) is 24.9 Å². The van der Waals surface area contributed by atoms with E-state index in [1.54, 1.807) is 43.1 Å². The highest BCUT2D eigenvalue weighted by Gasteiger charge is 2.69. The third kappa shape index (κ3) is 3.88. The number of rotatable bonds is 6. The fourth-order valence-electron chi connectivity index (χ4n) is 7.49. The van der Waals surface area contributed by atoms with Gasteiger partial charge in [-0.05, 0) is 72.1 Å². The highest BCUT2D eigenvalue weighted by molar-refractivity contribution is 8.00. The van der Waals surface area contributed by atoms with E-state index < -0.39 is 0 Å². The van der Waals surface area contributed by atoms with Gasteiger partial charge in [0.15, 0.2) is 11.5 Å². The SMILES string of the molecule is COc1cc(C2c3sc(=O)[nH]c3SC3C4CC(C5C(=O)N(c6ccc(Cl)cc6)C(=O)C45)C23)ccc1OCC(C)C. The minimum absolute atomic E-state index is 0.0412. The Kier molecular flexibility index (Phi) is 6.33. The number of hydrogen-bond acceptors (Lipinski definition) is 7. The third-order valence-corrected chi connectivity index (χ3v) is 11.8. The van der Waals surface area contributed by atoms with E-state index in [9.17, 15) is 14.4 Å². The molecule has 3 heterocycles. The van der Waals surface area contributed by atoms with Crippen LogP contribution in [-0.4, -0.2) is 35.8 Å². The van der Waals surface area contributed by atoms with E-state index in [4.69, 9.17) is 21.1 Å². The molecule has 7 rings (SSSR count). The van der Waals surface area contributed by atoms with Crippen LogP contribution in [0.15, 0.2) is 52.3 Å². The second-order valence-corrected chi connectivity index (χ2v) is 14.2. The minimum atomic E-state index is -0.356. The molecule has 3 aromatic rings. The van der Waals surface area contributed by atoms with Crippen molar-refractivity contribution in [3.63, 3.8) is 0 Å². The number of aromatic nitrogens is 1. The third-order valence-electron chi connectivity index (χ3n) is 8.93. The van der Waals surface area contributed by atoms with Gasteiger partial charge < -0.3 is 14.5 Å². The lowest BCUT2D eigenvalue weighted by atomic mass is 9.68. The molecule has 0 radical (unpaired) electrons. The maximum atomic E-state index is 13.9. The lowest BCUT2D eigenvalue weighted by Gasteiger charge is -2.43. The van der Waals surface area contributed by atoms with Crippen molar-refractivity contribution in [1.82, 2.24) is 4.98 Å². The number of aromatic amines is 1. The summed E-state index contributed by atoms with van der Waals surface area (Å²) >= 11 is 9.01. The number of nitrogens with one attached hydrogen (secondary N) is 1. The number of fused-ring (bicyclic) bond motifs is 9. The average molecular weight is 597 g/mol. The van der Waals surface area contributed by atoms with Gasteiger partial charge in [-0.3, -0.25) is 19.3 Å². The monoisotopic (exact) mass is 596 g/mol. The number of ether oxygens (including phenoxy) is 2. The number of carbonyl (C=O) groups excluding carboxylic acids is 2. The predicted molar refractivity (Wildman–Crippen MR) is 156 cm³/mol. The molecule has 0 spiro atoms. The number of thioether (sulfide) groups is 1. The molecule has 4 aliphatic rings. The number of thiazole rings is 1. The molecular weight excluding hydrogens is 568 g/mol. The first-order valence-corrected chi connectivity index (χ1v) is 15.7. The molecule has 1 aromatic heterocycles. The molecule has 7 atom stereocenters. The molecule has 208 valence electrons. The maximum absolute atomic E-state index is 13.9. The van der Waals surface area contributed by atoms with Crippen molar-refractivity contribution < 1.29 is 19.1 Å². The van der Waals surface area contributed by atoms with Crippen LogP contribution in [-0.2, 0) is 9.59 Å². The van der Waals surface area contributed by atoms with Crippen LogP contribution in [0.3, 0.4) is 0 Å². The largest absolute Gasteiger partial charge is 0.493 e. The van der Waals surface area contributed by atoms with Crippen LogP contribution in [0.1, 0.15) is 36.6 Å². The Morgan fingerprint density at radius 2 is 1.75 bits per heavy atom. The van der Waals surface area contributed by atoms with Gasteiger partial charge in [0, 0.05) is 21.1 Å². The van der Waals surface area contributed by atoms with E-state index >= 15 is 0 Å². The van der Waals surface area contributed by atoms with Crippen molar-refractivity contribution in [2.24, 2.45) is 35.5 Å². The Balaban J connectivity index is 1.28. The Morgan fingerprint density at radius 3 is 2.45 bits per heavy atom. The minimum Gasteiger partial charge on any atom is -0.493 e. The zero-order valence-electron chi connectivity index (χ0n) is 22.3. The Hall–Kier alpha value is -2.75. The number of nitrogens with zero attached hydrogens (tertiary/aromatic N) is 1. The zero-order chi connectivity index (χ0) is 27.9. The standard InChI is InChI=1S/C30H29ClN2O5S2/c1-13(2)12-38-19-9-4-14(10-20(19)37-3)21-22-17-11-18(25(22)39-27-26(21)40-30(36)32-27)24-23(17)28(34)33(29(24)35)16-7-5-15(31)6-8-16/h4-10,13,17-18,21-25H,11-12H2,1-3H3,(H,32,36). The van der Waals surface area contributed by atoms with Crippen molar-refractivity contribution >= 4 is 52.2 Å². The smallest absolute Gasteiger partial charge is 0.305 e. The Labute approximate surface area is 245 Å². The number of halogens is 1. The molecule has 2 bridgehead atoms. The predicted octanol–water partition coefficient (Wildman–Crippen LogP) is 5.81. The summed E-state index contributed by atoms with van der Waals surface area (Å²) < 4.78 is 11.7.